The van der Waals surface area contributed by atoms with E-state index in [0.29, 0.717) is 28.3 Å². The normalized spacial score (nSPS) is 26.4. The summed E-state index contributed by atoms with van der Waals surface area (Å²) in [5.41, 5.74) is 0.245. The number of fused-ring (bicyclic) bond motifs is 2. The maximum Gasteiger partial charge on any atom is 0.256 e. The van der Waals surface area contributed by atoms with Crippen molar-refractivity contribution in [2.45, 2.75) is 30.5 Å². The van der Waals surface area contributed by atoms with E-state index >= 15 is 0 Å². The number of carbonyl (C=O) groups excluding carboxylic acids is 1. The molecule has 2 aromatic rings. The monoisotopic (exact) mass is 443 g/mol. The van der Waals surface area contributed by atoms with E-state index in [1.165, 1.54) is 7.11 Å². The van der Waals surface area contributed by atoms with Crippen LogP contribution in [0, 0.1) is 10.1 Å². The molecule has 4 atom stereocenters. The van der Waals surface area contributed by atoms with Gasteiger partial charge in [-0.2, -0.15) is 0 Å². The summed E-state index contributed by atoms with van der Waals surface area (Å²) in [7, 11) is 1.47. The molecule has 2 N–H and O–H groups in total. The smallest absolute Gasteiger partial charge is 0.256 e. The van der Waals surface area contributed by atoms with Gasteiger partial charge in [-0.05, 0) is 30.7 Å². The highest BCUT2D eigenvalue weighted by Gasteiger charge is 2.67. The number of anilines is 1. The number of benzene rings is 2. The minimum atomic E-state index is -1.48. The molecule has 1 spiro atoms. The van der Waals surface area contributed by atoms with Crippen LogP contribution in [0.25, 0.3) is 0 Å². The van der Waals surface area contributed by atoms with Gasteiger partial charge in [0.2, 0.25) is 0 Å². The van der Waals surface area contributed by atoms with Crippen molar-refractivity contribution in [1.29, 1.82) is 0 Å². The third-order valence-corrected chi connectivity index (χ3v) is 6.23. The summed E-state index contributed by atoms with van der Waals surface area (Å²) in [5.74, 6) is -0.390. The number of ether oxygens (including phenoxy) is 2. The van der Waals surface area contributed by atoms with E-state index in [2.05, 4.69) is 17.2 Å². The van der Waals surface area contributed by atoms with Gasteiger partial charge in [0, 0.05) is 22.2 Å². The second kappa shape index (κ2) is 7.86. The number of para-hydroxylation sites is 1. The highest BCUT2D eigenvalue weighted by atomic mass is 35.5. The lowest BCUT2D eigenvalue weighted by Crippen LogP contribution is -2.54. The van der Waals surface area contributed by atoms with Gasteiger partial charge in [-0.25, -0.2) is 0 Å². The van der Waals surface area contributed by atoms with Gasteiger partial charge in [-0.15, -0.1) is 0 Å². The van der Waals surface area contributed by atoms with Crippen LogP contribution in [0.5, 0.6) is 11.5 Å². The number of carbonyl (C=O) groups is 1. The molecule has 0 aliphatic carbocycles. The van der Waals surface area contributed by atoms with E-state index in [4.69, 9.17) is 21.1 Å². The van der Waals surface area contributed by atoms with Gasteiger partial charge in [0.05, 0.1) is 18.1 Å². The molecule has 4 rings (SSSR count). The molecule has 1 amide bonds. The Morgan fingerprint density at radius 3 is 2.77 bits per heavy atom. The van der Waals surface area contributed by atoms with Crippen LogP contribution in [-0.2, 0) is 10.3 Å². The topological polar surface area (TPSA) is 103 Å². The van der Waals surface area contributed by atoms with E-state index in [0.717, 1.165) is 0 Å². The van der Waals surface area contributed by atoms with Crippen LogP contribution < -0.4 is 20.1 Å². The maximum atomic E-state index is 13.1. The molecule has 0 radical (unpaired) electrons. The lowest BCUT2D eigenvalue weighted by molar-refractivity contribution is -0.532. The van der Waals surface area contributed by atoms with Crippen molar-refractivity contribution in [2.24, 2.45) is 0 Å². The Hall–Kier alpha value is -3.10. The maximum absolute atomic E-state index is 13.1. The third-order valence-electron chi connectivity index (χ3n) is 5.95. The molecule has 0 saturated carbocycles. The Labute approximate surface area is 184 Å². The summed E-state index contributed by atoms with van der Waals surface area (Å²) in [6.07, 6.45) is 1.58. The summed E-state index contributed by atoms with van der Waals surface area (Å²) in [4.78, 5) is 25.1. The zero-order valence-electron chi connectivity index (χ0n) is 17.1. The fourth-order valence-corrected chi connectivity index (χ4v) is 5.04. The first-order valence-corrected chi connectivity index (χ1v) is 10.2. The summed E-state index contributed by atoms with van der Waals surface area (Å²) in [5, 5.41) is 18.7. The molecule has 162 valence electrons. The van der Waals surface area contributed by atoms with Crippen LogP contribution in [0.15, 0.2) is 49.1 Å². The van der Waals surface area contributed by atoms with E-state index in [9.17, 15) is 14.9 Å². The van der Waals surface area contributed by atoms with Crippen LogP contribution in [0.2, 0.25) is 5.02 Å². The van der Waals surface area contributed by atoms with Crippen LogP contribution in [-0.4, -0.2) is 36.6 Å². The Balaban J connectivity index is 1.85. The van der Waals surface area contributed by atoms with Crippen molar-refractivity contribution in [3.05, 3.63) is 75.3 Å². The number of hydrogen-bond acceptors (Lipinski definition) is 6. The Kier molecular flexibility index (Phi) is 5.36. The molecule has 2 aliphatic rings. The number of nitrogens with one attached hydrogen (secondary N) is 2. The predicted octanol–water partition coefficient (Wildman–Crippen LogP) is 3.48. The molecule has 31 heavy (non-hydrogen) atoms. The molecular formula is C22H22ClN3O5. The van der Waals surface area contributed by atoms with E-state index in [1.54, 1.807) is 42.5 Å². The largest absolute Gasteiger partial charge is 0.493 e. The molecule has 1 fully saturated rings. The summed E-state index contributed by atoms with van der Waals surface area (Å²) >= 11 is 6.45. The number of rotatable bonds is 6. The Morgan fingerprint density at radius 2 is 2.10 bits per heavy atom. The Morgan fingerprint density at radius 1 is 1.35 bits per heavy atom. The van der Waals surface area contributed by atoms with Gasteiger partial charge in [-0.1, -0.05) is 42.5 Å². The second-order valence-corrected chi connectivity index (χ2v) is 8.04. The third kappa shape index (κ3) is 3.14. The first-order valence-electron chi connectivity index (χ1n) is 9.78. The molecule has 0 bridgehead atoms. The van der Waals surface area contributed by atoms with Gasteiger partial charge in [-0.3, -0.25) is 20.2 Å². The van der Waals surface area contributed by atoms with Crippen LogP contribution in [0.1, 0.15) is 24.0 Å². The van der Waals surface area contributed by atoms with Gasteiger partial charge < -0.3 is 14.8 Å². The van der Waals surface area contributed by atoms with E-state index < -0.39 is 29.4 Å². The second-order valence-electron chi connectivity index (χ2n) is 7.63. The van der Waals surface area contributed by atoms with Crippen LogP contribution in [0.3, 0.4) is 0 Å². The first kappa shape index (κ1) is 21.1. The molecule has 8 nitrogen and oxygen atoms in total. The van der Waals surface area contributed by atoms with Crippen molar-refractivity contribution in [2.75, 3.05) is 19.0 Å². The van der Waals surface area contributed by atoms with Gasteiger partial charge in [0.1, 0.15) is 6.61 Å². The number of amides is 1. The minimum Gasteiger partial charge on any atom is -0.493 e. The average Bonchev–Trinajstić information content (AvgIpc) is 3.21. The van der Waals surface area contributed by atoms with Crippen molar-refractivity contribution in [1.82, 2.24) is 5.32 Å². The SMILES string of the molecule is C=CCOc1c(Cl)cc([C@@H]2[C@H](C)N[C@@]3(C(=O)Nc4ccccc43)[C@@H]2[N+](=O)[O-])cc1OC. The zero-order chi connectivity index (χ0) is 22.3. The van der Waals surface area contributed by atoms with Crippen molar-refractivity contribution < 1.29 is 19.2 Å². The lowest BCUT2D eigenvalue weighted by Gasteiger charge is -2.25. The van der Waals surface area contributed by atoms with Gasteiger partial charge >= 0.3 is 0 Å². The summed E-state index contributed by atoms with van der Waals surface area (Å²) < 4.78 is 11.0. The molecule has 0 unspecified atom stereocenters. The highest BCUT2D eigenvalue weighted by molar-refractivity contribution is 6.32. The zero-order valence-corrected chi connectivity index (χ0v) is 17.8. The average molecular weight is 444 g/mol. The Bertz CT molecular complexity index is 1080. The predicted molar refractivity (Wildman–Crippen MR) is 117 cm³/mol. The fourth-order valence-electron chi connectivity index (χ4n) is 4.77. The highest BCUT2D eigenvalue weighted by Crippen LogP contribution is 2.51. The van der Waals surface area contributed by atoms with E-state index in [-0.39, 0.29) is 16.6 Å². The number of hydrogen-bond donors (Lipinski definition) is 2. The molecule has 9 heteroatoms. The summed E-state index contributed by atoms with van der Waals surface area (Å²) in [6, 6.07) is 8.70. The van der Waals surface area contributed by atoms with Crippen molar-refractivity contribution in [3.63, 3.8) is 0 Å². The minimum absolute atomic E-state index is 0.231. The molecule has 2 aromatic carbocycles. The summed E-state index contributed by atoms with van der Waals surface area (Å²) in [6.45, 7) is 5.67. The standard InChI is InChI=1S/C22H22ClN3O5/c1-4-9-31-19-15(23)10-13(11-17(19)30-3)18-12(2)25-22(20(18)26(28)29)14-7-5-6-8-16(14)24-21(22)27/h4-8,10-12,18,20,25H,1,9H2,2-3H3,(H,24,27)/t12-,18-,20+,22+/m0/s1. The number of nitrogens with zero attached hydrogens (tertiary/aromatic N) is 1. The molecule has 2 aliphatic heterocycles. The lowest BCUT2D eigenvalue weighted by atomic mass is 9.78. The number of halogens is 1. The molecule has 2 heterocycles. The molecular weight excluding hydrogens is 422 g/mol. The fraction of sp³-hybridized carbons (Fsp3) is 0.318. The van der Waals surface area contributed by atoms with Gasteiger partial charge in [0.25, 0.3) is 11.9 Å². The quantitative estimate of drug-likeness (QED) is 0.402. The van der Waals surface area contributed by atoms with Crippen molar-refractivity contribution >= 4 is 23.2 Å². The van der Waals surface area contributed by atoms with Crippen LogP contribution in [0.4, 0.5) is 5.69 Å². The van der Waals surface area contributed by atoms with Crippen molar-refractivity contribution in [3.8, 4) is 11.5 Å². The molecule has 0 aromatic heterocycles. The number of nitro groups is 1. The van der Waals surface area contributed by atoms with Gasteiger partial charge in [0.15, 0.2) is 17.0 Å². The molecule has 1 saturated heterocycles. The van der Waals surface area contributed by atoms with Crippen LogP contribution >= 0.6 is 11.6 Å². The first-order chi connectivity index (χ1) is 14.8. The number of methoxy groups -OCH3 is 1. The van der Waals surface area contributed by atoms with E-state index in [1.807, 2.05) is 6.92 Å².